The molecule has 29 heavy (non-hydrogen) atoms. The van der Waals surface area contributed by atoms with Crippen molar-refractivity contribution in [3.05, 3.63) is 66.4 Å². The number of imidazole rings is 2. The average Bonchev–Trinajstić information content (AvgIpc) is 3.27. The van der Waals surface area contributed by atoms with Crippen LogP contribution in [0.15, 0.2) is 60.0 Å². The molecule has 3 heterocycles. The highest BCUT2D eigenvalue weighted by atomic mass is 32.2. The molecule has 0 aliphatic rings. The fourth-order valence-electron chi connectivity index (χ4n) is 3.36. The molecular weight excluding hydrogens is 386 g/mol. The molecule has 0 fully saturated rings. The van der Waals surface area contributed by atoms with Crippen molar-refractivity contribution in [2.45, 2.75) is 31.7 Å². The topological polar surface area (TPSA) is 81.3 Å². The molecule has 0 unspecified atom stereocenters. The standard InChI is InChI=1S/C21H23N5O2S/c1-14(2)20-23-19(13-25(20)4)29(27,28)24-17-9-5-8-16(11-17)18-12-26-10-6-7-15(3)21(26)22-18/h5-14,24H,1-4H3. The van der Waals surface area contributed by atoms with Crippen molar-refractivity contribution in [1.29, 1.82) is 0 Å². The summed E-state index contributed by atoms with van der Waals surface area (Å²) in [5.41, 5.74) is 4.03. The molecular formula is C21H23N5O2S. The van der Waals surface area contributed by atoms with Crippen molar-refractivity contribution >= 4 is 21.4 Å². The highest BCUT2D eigenvalue weighted by molar-refractivity contribution is 7.92. The van der Waals surface area contributed by atoms with Crippen molar-refractivity contribution in [1.82, 2.24) is 18.9 Å². The molecule has 1 aromatic carbocycles. The van der Waals surface area contributed by atoms with Crippen LogP contribution >= 0.6 is 0 Å². The smallest absolute Gasteiger partial charge is 0.280 e. The minimum atomic E-state index is -3.79. The number of hydrogen-bond acceptors (Lipinski definition) is 4. The lowest BCUT2D eigenvalue weighted by Crippen LogP contribution is -2.13. The van der Waals surface area contributed by atoms with Gasteiger partial charge in [-0.15, -0.1) is 0 Å². The number of pyridine rings is 1. The van der Waals surface area contributed by atoms with Gasteiger partial charge in [0.15, 0.2) is 5.03 Å². The third-order valence-corrected chi connectivity index (χ3v) is 6.02. The summed E-state index contributed by atoms with van der Waals surface area (Å²) in [7, 11) is -1.99. The minimum absolute atomic E-state index is 0.0115. The minimum Gasteiger partial charge on any atom is -0.336 e. The second-order valence-corrected chi connectivity index (χ2v) is 9.07. The van der Waals surface area contributed by atoms with Gasteiger partial charge in [0, 0.05) is 42.8 Å². The first kappa shape index (κ1) is 19.2. The first-order chi connectivity index (χ1) is 13.7. The Kier molecular flexibility index (Phi) is 4.66. The van der Waals surface area contributed by atoms with Crippen molar-refractivity contribution < 1.29 is 8.42 Å². The number of benzene rings is 1. The summed E-state index contributed by atoms with van der Waals surface area (Å²) in [6.45, 7) is 5.97. The molecule has 0 aliphatic heterocycles. The van der Waals surface area contributed by atoms with Crippen LogP contribution in [0.1, 0.15) is 31.2 Å². The monoisotopic (exact) mass is 409 g/mol. The summed E-state index contributed by atoms with van der Waals surface area (Å²) in [5, 5.41) is 0.0115. The van der Waals surface area contributed by atoms with E-state index in [0.717, 1.165) is 28.3 Å². The number of nitrogens with zero attached hydrogens (tertiary/aromatic N) is 4. The van der Waals surface area contributed by atoms with Crippen LogP contribution in [0.4, 0.5) is 5.69 Å². The lowest BCUT2D eigenvalue weighted by molar-refractivity contribution is 0.597. The Balaban J connectivity index is 1.66. The van der Waals surface area contributed by atoms with Gasteiger partial charge in [-0.1, -0.05) is 32.0 Å². The number of anilines is 1. The summed E-state index contributed by atoms with van der Waals surface area (Å²) in [4.78, 5) is 8.98. The second kappa shape index (κ2) is 7.04. The molecule has 0 radical (unpaired) electrons. The molecule has 0 saturated carbocycles. The summed E-state index contributed by atoms with van der Waals surface area (Å²) in [6.07, 6.45) is 5.41. The van der Waals surface area contributed by atoms with E-state index in [1.54, 1.807) is 23.7 Å². The van der Waals surface area contributed by atoms with Crippen LogP contribution < -0.4 is 4.72 Å². The number of aryl methyl sites for hydroxylation is 2. The fraction of sp³-hybridized carbons (Fsp3) is 0.238. The SMILES string of the molecule is Cc1cccn2cc(-c3cccc(NS(=O)(=O)c4cn(C)c(C(C)C)n4)c3)nc12. The fourth-order valence-corrected chi connectivity index (χ4v) is 4.41. The first-order valence-corrected chi connectivity index (χ1v) is 10.8. The van der Waals surface area contributed by atoms with E-state index in [1.807, 2.05) is 61.8 Å². The molecule has 0 spiro atoms. The predicted molar refractivity (Wildman–Crippen MR) is 113 cm³/mol. The Labute approximate surface area is 170 Å². The molecule has 4 aromatic rings. The van der Waals surface area contributed by atoms with E-state index in [1.165, 1.54) is 6.20 Å². The molecule has 0 amide bonds. The third kappa shape index (κ3) is 3.63. The maximum Gasteiger partial charge on any atom is 0.280 e. The van der Waals surface area contributed by atoms with Crippen LogP contribution in [-0.2, 0) is 17.1 Å². The summed E-state index contributed by atoms with van der Waals surface area (Å²) >= 11 is 0. The highest BCUT2D eigenvalue weighted by Gasteiger charge is 2.21. The van der Waals surface area contributed by atoms with Gasteiger partial charge in [0.1, 0.15) is 11.5 Å². The Hall–Kier alpha value is -3.13. The van der Waals surface area contributed by atoms with Crippen LogP contribution in [0.3, 0.4) is 0 Å². The van der Waals surface area contributed by atoms with E-state index in [2.05, 4.69) is 14.7 Å². The molecule has 0 atom stereocenters. The van der Waals surface area contributed by atoms with Crippen molar-refractivity contribution in [3.8, 4) is 11.3 Å². The third-order valence-electron chi connectivity index (χ3n) is 4.77. The lowest BCUT2D eigenvalue weighted by Gasteiger charge is -2.07. The van der Waals surface area contributed by atoms with Gasteiger partial charge in [0.05, 0.1) is 5.69 Å². The Morgan fingerprint density at radius 2 is 1.86 bits per heavy atom. The van der Waals surface area contributed by atoms with Gasteiger partial charge in [-0.3, -0.25) is 4.72 Å². The van der Waals surface area contributed by atoms with Gasteiger partial charge in [-0.05, 0) is 30.7 Å². The van der Waals surface area contributed by atoms with E-state index in [0.29, 0.717) is 5.69 Å². The van der Waals surface area contributed by atoms with Gasteiger partial charge >= 0.3 is 0 Å². The van der Waals surface area contributed by atoms with Crippen molar-refractivity contribution in [2.24, 2.45) is 7.05 Å². The maximum atomic E-state index is 12.8. The average molecular weight is 410 g/mol. The van der Waals surface area contributed by atoms with E-state index < -0.39 is 10.0 Å². The van der Waals surface area contributed by atoms with Crippen LogP contribution in [0.2, 0.25) is 0 Å². The maximum absolute atomic E-state index is 12.8. The molecule has 0 aliphatic carbocycles. The number of hydrogen-bond donors (Lipinski definition) is 1. The van der Waals surface area contributed by atoms with Gasteiger partial charge in [-0.2, -0.15) is 8.42 Å². The largest absolute Gasteiger partial charge is 0.336 e. The van der Waals surface area contributed by atoms with Crippen LogP contribution in [-0.4, -0.2) is 27.4 Å². The normalized spacial score (nSPS) is 12.0. The van der Waals surface area contributed by atoms with Crippen LogP contribution in [0.5, 0.6) is 0 Å². The van der Waals surface area contributed by atoms with Crippen LogP contribution in [0.25, 0.3) is 16.9 Å². The van der Waals surface area contributed by atoms with Gasteiger partial charge in [0.2, 0.25) is 0 Å². The van der Waals surface area contributed by atoms with Crippen molar-refractivity contribution in [3.63, 3.8) is 0 Å². The molecule has 8 heteroatoms. The second-order valence-electron chi connectivity index (χ2n) is 7.44. The molecule has 0 bridgehead atoms. The number of fused-ring (bicyclic) bond motifs is 1. The van der Waals surface area contributed by atoms with Crippen LogP contribution in [0, 0.1) is 6.92 Å². The van der Waals surface area contributed by atoms with E-state index in [9.17, 15) is 8.42 Å². The summed E-state index contributed by atoms with van der Waals surface area (Å²) in [5.74, 6) is 0.852. The molecule has 150 valence electrons. The zero-order valence-electron chi connectivity index (χ0n) is 16.8. The lowest BCUT2D eigenvalue weighted by atomic mass is 10.1. The zero-order chi connectivity index (χ0) is 20.8. The molecule has 3 aromatic heterocycles. The number of sulfonamides is 1. The number of rotatable bonds is 5. The van der Waals surface area contributed by atoms with Gasteiger partial charge in [-0.25, -0.2) is 9.97 Å². The Morgan fingerprint density at radius 1 is 1.07 bits per heavy atom. The zero-order valence-corrected chi connectivity index (χ0v) is 17.6. The molecule has 0 saturated heterocycles. The number of nitrogens with one attached hydrogen (secondary N) is 1. The highest BCUT2D eigenvalue weighted by Crippen LogP contribution is 2.25. The predicted octanol–water partition coefficient (Wildman–Crippen LogP) is 3.97. The van der Waals surface area contributed by atoms with Gasteiger partial charge < -0.3 is 8.97 Å². The quantitative estimate of drug-likeness (QED) is 0.541. The Morgan fingerprint density at radius 3 is 2.55 bits per heavy atom. The number of aromatic nitrogens is 4. The Bertz CT molecular complexity index is 1300. The van der Waals surface area contributed by atoms with E-state index in [4.69, 9.17) is 0 Å². The molecule has 4 rings (SSSR count). The van der Waals surface area contributed by atoms with Crippen molar-refractivity contribution in [2.75, 3.05) is 4.72 Å². The van der Waals surface area contributed by atoms with E-state index >= 15 is 0 Å². The van der Waals surface area contributed by atoms with E-state index in [-0.39, 0.29) is 10.9 Å². The summed E-state index contributed by atoms with van der Waals surface area (Å²) < 4.78 is 32.0. The van der Waals surface area contributed by atoms with Gasteiger partial charge in [0.25, 0.3) is 10.0 Å². The first-order valence-electron chi connectivity index (χ1n) is 9.35. The summed E-state index contributed by atoms with van der Waals surface area (Å²) in [6, 6.07) is 11.2. The molecule has 1 N–H and O–H groups in total. The molecule has 7 nitrogen and oxygen atoms in total.